The second-order valence-corrected chi connectivity index (χ2v) is 2.00. The summed E-state index contributed by atoms with van der Waals surface area (Å²) in [6.07, 6.45) is 0.473. The number of hydrogen-bond acceptors (Lipinski definition) is 0. The second-order valence-electron chi connectivity index (χ2n) is 2.00. The van der Waals surface area contributed by atoms with Crippen molar-refractivity contribution >= 4 is 10.9 Å². The molecule has 0 atom stereocenters. The van der Waals surface area contributed by atoms with Crippen molar-refractivity contribution in [3.8, 4) is 0 Å². The summed E-state index contributed by atoms with van der Waals surface area (Å²) in [6, 6.07) is 9.69. The molecule has 0 spiro atoms. The van der Waals surface area contributed by atoms with Gasteiger partial charge >= 0.3 is 0 Å². The molecule has 0 aliphatic carbocycles. The molecule has 0 amide bonds. The average molecular weight is 118 g/mol. The molecule has 0 saturated carbocycles. The molecule has 0 radical (unpaired) electrons. The standard InChI is InChI=1S/C8H7N/c1-2-4-8-7(3-1)5-6-9-8/h1-6,9H/i6D. The number of benzene rings is 1. The van der Waals surface area contributed by atoms with Gasteiger partial charge in [-0.15, -0.1) is 0 Å². The van der Waals surface area contributed by atoms with Crippen LogP contribution < -0.4 is 0 Å². The molecule has 1 heterocycles. The van der Waals surface area contributed by atoms with Gasteiger partial charge in [0.1, 0.15) is 0 Å². The van der Waals surface area contributed by atoms with Crippen molar-refractivity contribution in [2.75, 3.05) is 0 Å². The first-order valence-corrected chi connectivity index (χ1v) is 2.90. The Morgan fingerprint density at radius 1 is 1.22 bits per heavy atom. The van der Waals surface area contributed by atoms with Gasteiger partial charge in [-0.2, -0.15) is 0 Å². The lowest BCUT2D eigenvalue weighted by atomic mass is 10.3. The summed E-state index contributed by atoms with van der Waals surface area (Å²) in [5, 5.41) is 1.10. The summed E-state index contributed by atoms with van der Waals surface area (Å²) in [5.74, 6) is 0. The van der Waals surface area contributed by atoms with Crippen LogP contribution in [-0.2, 0) is 0 Å². The maximum atomic E-state index is 7.27. The van der Waals surface area contributed by atoms with Crippen LogP contribution in [0.4, 0.5) is 0 Å². The van der Waals surface area contributed by atoms with Gasteiger partial charge in [0.25, 0.3) is 0 Å². The molecule has 44 valence electrons. The maximum absolute atomic E-state index is 7.27. The molecule has 0 unspecified atom stereocenters. The highest BCUT2D eigenvalue weighted by Crippen LogP contribution is 2.09. The van der Waals surface area contributed by atoms with Gasteiger partial charge in [0.2, 0.25) is 0 Å². The lowest BCUT2D eigenvalue weighted by Gasteiger charge is -1.83. The minimum atomic E-state index is 0.473. The molecule has 1 heteroatoms. The number of aromatic amines is 1. The first kappa shape index (κ1) is 3.72. The third kappa shape index (κ3) is 0.617. The topological polar surface area (TPSA) is 15.8 Å². The van der Waals surface area contributed by atoms with E-state index in [0.717, 1.165) is 10.9 Å². The predicted octanol–water partition coefficient (Wildman–Crippen LogP) is 2.17. The zero-order chi connectivity index (χ0) is 6.97. The van der Waals surface area contributed by atoms with Gasteiger partial charge in [0.15, 0.2) is 0 Å². The fourth-order valence-corrected chi connectivity index (χ4v) is 0.928. The molecule has 1 nitrogen and oxygen atoms in total. The number of hydrogen-bond donors (Lipinski definition) is 1. The third-order valence-corrected chi connectivity index (χ3v) is 1.40. The summed E-state index contributed by atoms with van der Waals surface area (Å²) >= 11 is 0. The molecule has 2 rings (SSSR count). The third-order valence-electron chi connectivity index (χ3n) is 1.40. The summed E-state index contributed by atoms with van der Waals surface area (Å²) in [4.78, 5) is 2.93. The van der Waals surface area contributed by atoms with E-state index < -0.39 is 0 Å². The van der Waals surface area contributed by atoms with Crippen molar-refractivity contribution in [1.29, 1.82) is 0 Å². The normalized spacial score (nSPS) is 11.8. The lowest BCUT2D eigenvalue weighted by molar-refractivity contribution is 1.48. The highest BCUT2D eigenvalue weighted by Gasteiger charge is 1.86. The van der Waals surface area contributed by atoms with Crippen LogP contribution in [0.1, 0.15) is 1.37 Å². The largest absolute Gasteiger partial charge is 0.361 e. The molecular weight excluding hydrogens is 110 g/mol. The van der Waals surface area contributed by atoms with Gasteiger partial charge in [0.05, 0.1) is 1.37 Å². The molecule has 0 bridgehead atoms. The summed E-state index contributed by atoms with van der Waals surface area (Å²) < 4.78 is 7.27. The van der Waals surface area contributed by atoms with Gasteiger partial charge < -0.3 is 4.98 Å². The quantitative estimate of drug-likeness (QED) is 0.545. The van der Waals surface area contributed by atoms with Crippen LogP contribution >= 0.6 is 0 Å². The number of H-pyrrole nitrogens is 1. The number of para-hydroxylation sites is 1. The van der Waals surface area contributed by atoms with Crippen molar-refractivity contribution in [1.82, 2.24) is 4.98 Å². The van der Waals surface area contributed by atoms with E-state index in [9.17, 15) is 0 Å². The number of nitrogens with one attached hydrogen (secondary N) is 1. The minimum Gasteiger partial charge on any atom is -0.361 e. The van der Waals surface area contributed by atoms with Gasteiger partial charge in [-0.1, -0.05) is 18.2 Å². The number of fused-ring (bicyclic) bond motifs is 1. The molecule has 1 aromatic carbocycles. The van der Waals surface area contributed by atoms with Crippen LogP contribution in [0.5, 0.6) is 0 Å². The molecule has 1 N–H and O–H groups in total. The van der Waals surface area contributed by atoms with Crippen molar-refractivity contribution in [2.45, 2.75) is 0 Å². The van der Waals surface area contributed by atoms with E-state index in [4.69, 9.17) is 1.37 Å². The van der Waals surface area contributed by atoms with Crippen LogP contribution in [-0.4, -0.2) is 4.98 Å². The highest BCUT2D eigenvalue weighted by atomic mass is 14.6. The summed E-state index contributed by atoms with van der Waals surface area (Å²) in [5.41, 5.74) is 1.03. The van der Waals surface area contributed by atoms with Gasteiger partial charge in [-0.25, -0.2) is 0 Å². The minimum absolute atomic E-state index is 0.473. The van der Waals surface area contributed by atoms with Crippen molar-refractivity contribution in [3.05, 3.63) is 36.5 Å². The van der Waals surface area contributed by atoms with Crippen LogP contribution in [0.2, 0.25) is 0 Å². The zero-order valence-corrected chi connectivity index (χ0v) is 4.89. The van der Waals surface area contributed by atoms with Crippen molar-refractivity contribution < 1.29 is 1.37 Å². The van der Waals surface area contributed by atoms with Gasteiger partial charge in [-0.05, 0) is 17.5 Å². The van der Waals surface area contributed by atoms with E-state index in [1.54, 1.807) is 0 Å². The van der Waals surface area contributed by atoms with Gasteiger partial charge in [-0.3, -0.25) is 0 Å². The molecule has 0 saturated heterocycles. The fourth-order valence-electron chi connectivity index (χ4n) is 0.928. The molecule has 0 aliphatic rings. The summed E-state index contributed by atoms with van der Waals surface area (Å²) in [6.45, 7) is 0. The zero-order valence-electron chi connectivity index (χ0n) is 5.89. The Morgan fingerprint density at radius 3 is 3.00 bits per heavy atom. The SMILES string of the molecule is [2H]c1cc2ccccc2[nH]1. The van der Waals surface area contributed by atoms with Crippen LogP contribution in [0.3, 0.4) is 0 Å². The Balaban J connectivity index is 2.88. The number of rotatable bonds is 0. The van der Waals surface area contributed by atoms with Crippen LogP contribution in [0.25, 0.3) is 10.9 Å². The van der Waals surface area contributed by atoms with E-state index in [0.29, 0.717) is 6.17 Å². The summed E-state index contributed by atoms with van der Waals surface area (Å²) in [7, 11) is 0. The van der Waals surface area contributed by atoms with E-state index in [2.05, 4.69) is 4.98 Å². The van der Waals surface area contributed by atoms with Crippen LogP contribution in [0, 0.1) is 0 Å². The first-order valence-electron chi connectivity index (χ1n) is 3.40. The van der Waals surface area contributed by atoms with Gasteiger partial charge in [0, 0.05) is 11.7 Å². The Bertz CT molecular complexity index is 318. The second kappa shape index (κ2) is 1.62. The first-order chi connectivity index (χ1) is 4.86. The van der Waals surface area contributed by atoms with E-state index in [1.165, 1.54) is 0 Å². The van der Waals surface area contributed by atoms with E-state index in [1.807, 2.05) is 30.3 Å². The lowest BCUT2D eigenvalue weighted by Crippen LogP contribution is -1.61. The Hall–Kier alpha value is -1.24. The van der Waals surface area contributed by atoms with E-state index >= 15 is 0 Å². The Labute approximate surface area is 54.7 Å². The monoisotopic (exact) mass is 118 g/mol. The van der Waals surface area contributed by atoms with E-state index in [-0.39, 0.29) is 0 Å². The molecule has 0 fully saturated rings. The fraction of sp³-hybridized carbons (Fsp3) is 0. The maximum Gasteiger partial charge on any atom is 0.0816 e. The molecule has 0 aliphatic heterocycles. The van der Waals surface area contributed by atoms with Crippen molar-refractivity contribution in [3.63, 3.8) is 0 Å². The van der Waals surface area contributed by atoms with Crippen molar-refractivity contribution in [2.24, 2.45) is 0 Å². The smallest absolute Gasteiger partial charge is 0.0816 e. The van der Waals surface area contributed by atoms with Crippen LogP contribution in [0.15, 0.2) is 36.5 Å². The Morgan fingerprint density at radius 2 is 2.11 bits per heavy atom. The molecule has 2 aromatic rings. The highest BCUT2D eigenvalue weighted by molar-refractivity contribution is 5.78. The Kier molecular flexibility index (Phi) is 0.671. The number of aromatic nitrogens is 1. The molecule has 1 aromatic heterocycles. The predicted molar refractivity (Wildman–Crippen MR) is 38.3 cm³/mol. The average Bonchev–Trinajstić information content (AvgIpc) is 2.27. The molecular formula is C8H7N. The molecule has 9 heavy (non-hydrogen) atoms.